The third-order valence-electron chi connectivity index (χ3n) is 5.27. The maximum absolute atomic E-state index is 13.1. The summed E-state index contributed by atoms with van der Waals surface area (Å²) in [5, 5.41) is 0.981. The van der Waals surface area contributed by atoms with E-state index >= 15 is 0 Å². The Labute approximate surface area is 171 Å². The molecule has 1 amide bonds. The van der Waals surface area contributed by atoms with Gasteiger partial charge in [0.15, 0.2) is 0 Å². The van der Waals surface area contributed by atoms with Gasteiger partial charge in [-0.05, 0) is 19.4 Å². The highest BCUT2D eigenvalue weighted by Gasteiger charge is 2.29. The minimum atomic E-state index is -0.328. The van der Waals surface area contributed by atoms with E-state index in [2.05, 4.69) is 12.1 Å². The Hall–Kier alpha value is -2.50. The number of amides is 1. The molecule has 0 aliphatic rings. The number of benzene rings is 2. The van der Waals surface area contributed by atoms with Crippen LogP contribution in [0.3, 0.4) is 0 Å². The van der Waals surface area contributed by atoms with Crippen LogP contribution in [0.5, 0.6) is 0 Å². The summed E-state index contributed by atoms with van der Waals surface area (Å²) in [6.07, 6.45) is 0. The Morgan fingerprint density at radius 2 is 1.61 bits per heavy atom. The van der Waals surface area contributed by atoms with Gasteiger partial charge in [0.25, 0.3) is 0 Å². The molecule has 146 valence electrons. The van der Waals surface area contributed by atoms with E-state index < -0.39 is 0 Å². The molecule has 1 aromatic heterocycles. The summed E-state index contributed by atoms with van der Waals surface area (Å²) in [6, 6.07) is 19.5. The molecule has 3 atom stereocenters. The lowest BCUT2D eigenvalue weighted by Gasteiger charge is -2.29. The van der Waals surface area contributed by atoms with Gasteiger partial charge in [0.2, 0.25) is 5.91 Å². The molecular formula is C23H27N3OS. The fourth-order valence-electron chi connectivity index (χ4n) is 3.31. The average Bonchev–Trinajstić information content (AvgIpc) is 3.14. The fourth-order valence-corrected chi connectivity index (χ4v) is 4.47. The highest BCUT2D eigenvalue weighted by molar-refractivity contribution is 7.15. The normalized spacial score (nSPS) is 14.3. The molecule has 0 fully saturated rings. The Morgan fingerprint density at radius 1 is 1.04 bits per heavy atom. The summed E-state index contributed by atoms with van der Waals surface area (Å²) in [4.78, 5) is 20.7. The largest absolute Gasteiger partial charge is 0.338 e. The minimum Gasteiger partial charge on any atom is -0.338 e. The van der Waals surface area contributed by atoms with Gasteiger partial charge in [-0.15, -0.1) is 11.3 Å². The van der Waals surface area contributed by atoms with Crippen LogP contribution in [0.2, 0.25) is 0 Å². The van der Waals surface area contributed by atoms with Gasteiger partial charge in [0, 0.05) is 18.7 Å². The number of thiazole rings is 1. The van der Waals surface area contributed by atoms with Crippen molar-refractivity contribution in [3.8, 4) is 10.6 Å². The summed E-state index contributed by atoms with van der Waals surface area (Å²) in [6.45, 7) is 5.96. The number of aromatic nitrogens is 1. The summed E-state index contributed by atoms with van der Waals surface area (Å²) in [7, 11) is 1.85. The maximum atomic E-state index is 13.1. The van der Waals surface area contributed by atoms with Crippen molar-refractivity contribution in [1.29, 1.82) is 0 Å². The van der Waals surface area contributed by atoms with Gasteiger partial charge in [-0.3, -0.25) is 4.79 Å². The van der Waals surface area contributed by atoms with E-state index in [0.717, 1.165) is 26.7 Å². The minimum absolute atomic E-state index is 0.0397. The van der Waals surface area contributed by atoms with E-state index in [4.69, 9.17) is 10.7 Å². The second kappa shape index (κ2) is 8.67. The number of nitrogens with zero attached hydrogens (tertiary/aromatic N) is 2. The van der Waals surface area contributed by atoms with Gasteiger partial charge in [-0.2, -0.15) is 0 Å². The Kier molecular flexibility index (Phi) is 6.27. The van der Waals surface area contributed by atoms with Crippen molar-refractivity contribution in [3.05, 3.63) is 76.8 Å². The first-order valence-electron chi connectivity index (χ1n) is 9.50. The van der Waals surface area contributed by atoms with Crippen molar-refractivity contribution < 1.29 is 4.79 Å². The van der Waals surface area contributed by atoms with Crippen LogP contribution in [0.1, 0.15) is 42.1 Å². The molecule has 0 saturated heterocycles. The van der Waals surface area contributed by atoms with Crippen molar-refractivity contribution in [2.75, 3.05) is 7.05 Å². The molecule has 2 aromatic carbocycles. The molecule has 0 bridgehead atoms. The van der Waals surface area contributed by atoms with E-state index in [1.54, 1.807) is 16.2 Å². The van der Waals surface area contributed by atoms with E-state index in [1.807, 2.05) is 76.3 Å². The van der Waals surface area contributed by atoms with Crippen LogP contribution in [-0.4, -0.2) is 22.8 Å². The fraction of sp³-hybridized carbons (Fsp3) is 0.304. The second-order valence-electron chi connectivity index (χ2n) is 7.18. The monoisotopic (exact) mass is 393 g/mol. The molecule has 4 nitrogen and oxygen atoms in total. The first-order valence-corrected chi connectivity index (χ1v) is 10.3. The van der Waals surface area contributed by atoms with E-state index in [-0.39, 0.29) is 23.9 Å². The van der Waals surface area contributed by atoms with Crippen LogP contribution >= 0.6 is 11.3 Å². The van der Waals surface area contributed by atoms with Crippen LogP contribution in [0.15, 0.2) is 60.7 Å². The Bertz CT molecular complexity index is 924. The summed E-state index contributed by atoms with van der Waals surface area (Å²) < 4.78 is 0. The van der Waals surface area contributed by atoms with Gasteiger partial charge >= 0.3 is 0 Å². The van der Waals surface area contributed by atoms with Crippen LogP contribution in [0, 0.1) is 12.8 Å². The van der Waals surface area contributed by atoms with Gasteiger partial charge < -0.3 is 10.6 Å². The summed E-state index contributed by atoms with van der Waals surface area (Å²) >= 11 is 1.65. The van der Waals surface area contributed by atoms with Crippen LogP contribution in [0.4, 0.5) is 0 Å². The van der Waals surface area contributed by atoms with Crippen LogP contribution in [-0.2, 0) is 4.79 Å². The van der Waals surface area contributed by atoms with Crippen LogP contribution < -0.4 is 5.73 Å². The lowest BCUT2D eigenvalue weighted by Crippen LogP contribution is -2.38. The summed E-state index contributed by atoms with van der Waals surface area (Å²) in [5.74, 6) is -0.269. The maximum Gasteiger partial charge on any atom is 0.227 e. The van der Waals surface area contributed by atoms with E-state index in [1.165, 1.54) is 0 Å². The predicted octanol–water partition coefficient (Wildman–Crippen LogP) is 4.97. The molecule has 1 heterocycles. The second-order valence-corrected chi connectivity index (χ2v) is 8.22. The molecule has 3 unspecified atom stereocenters. The van der Waals surface area contributed by atoms with Gasteiger partial charge in [-0.1, -0.05) is 67.6 Å². The standard InChI is InChI=1S/C23H27N3OS/c1-15(20(24)18-11-7-5-8-12-18)23(27)26(4)17(3)21-16(2)25-22(28-21)19-13-9-6-10-14-19/h5-15,17,20H,24H2,1-4H3. The Morgan fingerprint density at radius 3 is 2.21 bits per heavy atom. The molecule has 2 N–H and O–H groups in total. The van der Waals surface area contributed by atoms with Crippen molar-refractivity contribution in [1.82, 2.24) is 9.88 Å². The molecule has 3 aromatic rings. The zero-order valence-corrected chi connectivity index (χ0v) is 17.6. The molecular weight excluding hydrogens is 366 g/mol. The number of aryl methyl sites for hydroxylation is 1. The van der Waals surface area contributed by atoms with Crippen molar-refractivity contribution >= 4 is 17.2 Å². The third kappa shape index (κ3) is 4.16. The van der Waals surface area contributed by atoms with Crippen LogP contribution in [0.25, 0.3) is 10.6 Å². The molecule has 0 saturated carbocycles. The summed E-state index contributed by atoms with van der Waals surface area (Å²) in [5.41, 5.74) is 9.41. The molecule has 3 rings (SSSR count). The van der Waals surface area contributed by atoms with Gasteiger partial charge in [-0.25, -0.2) is 4.98 Å². The van der Waals surface area contributed by atoms with Crippen molar-refractivity contribution in [3.63, 3.8) is 0 Å². The molecule has 0 aliphatic heterocycles. The molecule has 0 radical (unpaired) electrons. The number of nitrogens with two attached hydrogens (primary N) is 1. The zero-order valence-electron chi connectivity index (χ0n) is 16.8. The van der Waals surface area contributed by atoms with Crippen molar-refractivity contribution in [2.45, 2.75) is 32.9 Å². The SMILES string of the molecule is Cc1nc(-c2ccccc2)sc1C(C)N(C)C(=O)C(C)C(N)c1ccccc1. The van der Waals surface area contributed by atoms with Gasteiger partial charge in [0.05, 0.1) is 22.5 Å². The number of hydrogen-bond acceptors (Lipinski definition) is 4. The smallest absolute Gasteiger partial charge is 0.227 e. The lowest BCUT2D eigenvalue weighted by atomic mass is 9.94. The molecule has 5 heteroatoms. The number of carbonyl (C=O) groups excluding carboxylic acids is 1. The lowest BCUT2D eigenvalue weighted by molar-refractivity contribution is -0.136. The molecule has 0 spiro atoms. The first-order chi connectivity index (χ1) is 13.4. The quantitative estimate of drug-likeness (QED) is 0.643. The zero-order chi connectivity index (χ0) is 20.3. The highest BCUT2D eigenvalue weighted by Crippen LogP contribution is 2.34. The van der Waals surface area contributed by atoms with Gasteiger partial charge in [0.1, 0.15) is 5.01 Å². The first kappa shape index (κ1) is 20.2. The average molecular weight is 394 g/mol. The Balaban J connectivity index is 1.77. The van der Waals surface area contributed by atoms with Crippen molar-refractivity contribution in [2.24, 2.45) is 11.7 Å². The molecule has 0 aliphatic carbocycles. The topological polar surface area (TPSA) is 59.2 Å². The van der Waals surface area contributed by atoms with E-state index in [0.29, 0.717) is 0 Å². The molecule has 28 heavy (non-hydrogen) atoms. The number of carbonyl (C=O) groups is 1. The number of hydrogen-bond donors (Lipinski definition) is 1. The highest BCUT2D eigenvalue weighted by atomic mass is 32.1. The predicted molar refractivity (Wildman–Crippen MR) is 116 cm³/mol. The third-order valence-corrected chi connectivity index (χ3v) is 6.65. The van der Waals surface area contributed by atoms with E-state index in [9.17, 15) is 4.79 Å². The number of rotatable bonds is 6.